The lowest BCUT2D eigenvalue weighted by molar-refractivity contribution is 0.102. The lowest BCUT2D eigenvalue weighted by atomic mass is 10.2. The monoisotopic (exact) mass is 406 g/mol. The van der Waals surface area contributed by atoms with E-state index in [1.165, 1.54) is 16.4 Å². The first-order valence-corrected chi connectivity index (χ1v) is 10.9. The number of sulfonamides is 1. The summed E-state index contributed by atoms with van der Waals surface area (Å²) in [6.45, 7) is 2.96. The van der Waals surface area contributed by atoms with Crippen molar-refractivity contribution < 1.29 is 13.2 Å². The molecular formula is C20H23ClN2O3S. The molecule has 0 aliphatic carbocycles. The molecule has 0 unspecified atom stereocenters. The minimum Gasteiger partial charge on any atom is -0.321 e. The fourth-order valence-corrected chi connectivity index (χ4v) is 4.99. The molecule has 5 nitrogen and oxygen atoms in total. The SMILES string of the molecule is Cc1ccc(NC(=O)c2cccc(S(=O)(=O)N3CCCCCC3)c2)c(Cl)c1. The van der Waals surface area contributed by atoms with E-state index in [-0.39, 0.29) is 10.5 Å². The molecule has 27 heavy (non-hydrogen) atoms. The second-order valence-corrected chi connectivity index (χ2v) is 9.13. The highest BCUT2D eigenvalue weighted by Crippen LogP contribution is 2.25. The molecule has 1 amide bonds. The van der Waals surface area contributed by atoms with Gasteiger partial charge in [-0.2, -0.15) is 4.31 Å². The van der Waals surface area contributed by atoms with Crippen molar-refractivity contribution in [2.75, 3.05) is 18.4 Å². The number of hydrogen-bond acceptors (Lipinski definition) is 3. The van der Waals surface area contributed by atoms with E-state index in [9.17, 15) is 13.2 Å². The summed E-state index contributed by atoms with van der Waals surface area (Å²) in [7, 11) is -3.60. The summed E-state index contributed by atoms with van der Waals surface area (Å²) in [5.74, 6) is -0.395. The van der Waals surface area contributed by atoms with E-state index in [2.05, 4.69) is 5.32 Å². The molecule has 0 atom stereocenters. The third-order valence-electron chi connectivity index (χ3n) is 4.67. The van der Waals surface area contributed by atoms with Crippen molar-refractivity contribution in [3.8, 4) is 0 Å². The number of nitrogens with zero attached hydrogens (tertiary/aromatic N) is 1. The van der Waals surface area contributed by atoms with Crippen LogP contribution in [0.3, 0.4) is 0 Å². The molecule has 2 aromatic rings. The fraction of sp³-hybridized carbons (Fsp3) is 0.350. The molecule has 1 saturated heterocycles. The third kappa shape index (κ3) is 4.69. The van der Waals surface area contributed by atoms with E-state index in [1.54, 1.807) is 24.3 Å². The van der Waals surface area contributed by atoms with Gasteiger partial charge in [0.2, 0.25) is 10.0 Å². The molecule has 0 radical (unpaired) electrons. The first-order valence-electron chi connectivity index (χ1n) is 9.05. The molecule has 144 valence electrons. The van der Waals surface area contributed by atoms with Crippen molar-refractivity contribution in [1.29, 1.82) is 0 Å². The lowest BCUT2D eigenvalue weighted by Crippen LogP contribution is -2.32. The second kappa shape index (κ2) is 8.42. The van der Waals surface area contributed by atoms with Gasteiger partial charge in [0.15, 0.2) is 0 Å². The number of rotatable bonds is 4. The Bertz CT molecular complexity index is 936. The molecule has 1 fully saturated rings. The van der Waals surface area contributed by atoms with E-state index in [0.29, 0.717) is 23.8 Å². The van der Waals surface area contributed by atoms with Crippen LogP contribution in [0.2, 0.25) is 5.02 Å². The second-order valence-electron chi connectivity index (χ2n) is 6.78. The smallest absolute Gasteiger partial charge is 0.255 e. The van der Waals surface area contributed by atoms with Gasteiger partial charge in [0.05, 0.1) is 15.6 Å². The summed E-state index contributed by atoms with van der Waals surface area (Å²) >= 11 is 6.16. The van der Waals surface area contributed by atoms with Crippen LogP contribution in [0.15, 0.2) is 47.4 Å². The van der Waals surface area contributed by atoms with Gasteiger partial charge in [-0.05, 0) is 55.7 Å². The third-order valence-corrected chi connectivity index (χ3v) is 6.88. The average Bonchev–Trinajstić information content (AvgIpc) is 2.94. The molecule has 0 saturated carbocycles. The summed E-state index contributed by atoms with van der Waals surface area (Å²) in [4.78, 5) is 12.7. The Hall–Kier alpha value is -1.89. The minimum atomic E-state index is -3.60. The molecule has 7 heteroatoms. The maximum Gasteiger partial charge on any atom is 0.255 e. The summed E-state index contributed by atoms with van der Waals surface area (Å²) in [5.41, 5.74) is 1.76. The minimum absolute atomic E-state index is 0.145. The van der Waals surface area contributed by atoms with Gasteiger partial charge in [-0.3, -0.25) is 4.79 Å². The maximum absolute atomic E-state index is 12.9. The molecule has 0 spiro atoms. The molecule has 1 heterocycles. The van der Waals surface area contributed by atoms with Crippen molar-refractivity contribution in [3.05, 3.63) is 58.6 Å². The van der Waals surface area contributed by atoms with Crippen molar-refractivity contribution in [1.82, 2.24) is 4.31 Å². The van der Waals surface area contributed by atoms with Crippen LogP contribution in [0.1, 0.15) is 41.6 Å². The van der Waals surface area contributed by atoms with Gasteiger partial charge in [-0.15, -0.1) is 0 Å². The normalized spacial score (nSPS) is 15.9. The molecule has 2 aromatic carbocycles. The van der Waals surface area contributed by atoms with Crippen LogP contribution in [-0.2, 0) is 10.0 Å². The molecule has 1 aliphatic rings. The zero-order valence-electron chi connectivity index (χ0n) is 15.2. The topological polar surface area (TPSA) is 66.5 Å². The van der Waals surface area contributed by atoms with Crippen molar-refractivity contribution in [3.63, 3.8) is 0 Å². The van der Waals surface area contributed by atoms with Crippen LogP contribution in [0.25, 0.3) is 0 Å². The molecular weight excluding hydrogens is 384 g/mol. The first kappa shape index (κ1) is 19.9. The number of halogens is 1. The van der Waals surface area contributed by atoms with Crippen LogP contribution in [0.5, 0.6) is 0 Å². The average molecular weight is 407 g/mol. The molecule has 1 N–H and O–H groups in total. The van der Waals surface area contributed by atoms with E-state index < -0.39 is 15.9 Å². The van der Waals surface area contributed by atoms with Crippen LogP contribution in [0, 0.1) is 6.92 Å². The van der Waals surface area contributed by atoms with Crippen LogP contribution in [-0.4, -0.2) is 31.7 Å². The van der Waals surface area contributed by atoms with Crippen LogP contribution in [0.4, 0.5) is 5.69 Å². The van der Waals surface area contributed by atoms with Gasteiger partial charge in [-0.1, -0.05) is 36.6 Å². The highest BCUT2D eigenvalue weighted by molar-refractivity contribution is 7.89. The van der Waals surface area contributed by atoms with E-state index in [4.69, 9.17) is 11.6 Å². The van der Waals surface area contributed by atoms with Gasteiger partial charge >= 0.3 is 0 Å². The number of carbonyl (C=O) groups excluding carboxylic acids is 1. The summed E-state index contributed by atoms with van der Waals surface area (Å²) < 4.78 is 27.4. The quantitative estimate of drug-likeness (QED) is 0.814. The molecule has 0 aromatic heterocycles. The van der Waals surface area contributed by atoms with E-state index in [0.717, 1.165) is 31.2 Å². The van der Waals surface area contributed by atoms with Crippen molar-refractivity contribution in [2.45, 2.75) is 37.5 Å². The van der Waals surface area contributed by atoms with Crippen LogP contribution >= 0.6 is 11.6 Å². The summed E-state index contributed by atoms with van der Waals surface area (Å²) in [5, 5.41) is 3.18. The lowest BCUT2D eigenvalue weighted by Gasteiger charge is -2.20. The molecule has 3 rings (SSSR count). The number of amides is 1. The van der Waals surface area contributed by atoms with E-state index in [1.807, 2.05) is 13.0 Å². The fourth-order valence-electron chi connectivity index (χ4n) is 3.14. The molecule has 1 aliphatic heterocycles. The highest BCUT2D eigenvalue weighted by Gasteiger charge is 2.25. The number of benzene rings is 2. The number of carbonyl (C=O) groups is 1. The Morgan fingerprint density at radius 3 is 2.41 bits per heavy atom. The summed E-state index contributed by atoms with van der Waals surface area (Å²) in [6.07, 6.45) is 3.83. The Labute approximate surface area is 165 Å². The van der Waals surface area contributed by atoms with E-state index >= 15 is 0 Å². The van der Waals surface area contributed by atoms with Crippen LogP contribution < -0.4 is 5.32 Å². The number of anilines is 1. The Kier molecular flexibility index (Phi) is 6.19. The zero-order chi connectivity index (χ0) is 19.4. The maximum atomic E-state index is 12.9. The predicted octanol–water partition coefficient (Wildman–Crippen LogP) is 4.47. The largest absolute Gasteiger partial charge is 0.321 e. The van der Waals surface area contributed by atoms with Crippen molar-refractivity contribution >= 4 is 33.2 Å². The highest BCUT2D eigenvalue weighted by atomic mass is 35.5. The predicted molar refractivity (Wildman–Crippen MR) is 108 cm³/mol. The van der Waals surface area contributed by atoms with Gasteiger partial charge in [0, 0.05) is 18.7 Å². The number of aryl methyl sites for hydroxylation is 1. The molecule has 0 bridgehead atoms. The van der Waals surface area contributed by atoms with Gasteiger partial charge < -0.3 is 5.32 Å². The Morgan fingerprint density at radius 2 is 1.74 bits per heavy atom. The van der Waals surface area contributed by atoms with Gasteiger partial charge in [0.25, 0.3) is 5.91 Å². The number of hydrogen-bond donors (Lipinski definition) is 1. The number of nitrogens with one attached hydrogen (secondary N) is 1. The zero-order valence-corrected chi connectivity index (χ0v) is 16.8. The van der Waals surface area contributed by atoms with Gasteiger partial charge in [-0.25, -0.2) is 8.42 Å². The summed E-state index contributed by atoms with van der Waals surface area (Å²) in [6, 6.07) is 11.5. The first-order chi connectivity index (χ1) is 12.9. The van der Waals surface area contributed by atoms with Gasteiger partial charge in [0.1, 0.15) is 0 Å². The Balaban J connectivity index is 1.83. The standard InChI is InChI=1S/C20H23ClN2O3S/c1-15-9-10-19(18(21)13-15)22-20(24)16-7-6-8-17(14-16)27(25,26)23-11-4-2-3-5-12-23/h6-10,13-14H,2-5,11-12H2,1H3,(H,22,24). The Morgan fingerprint density at radius 1 is 1.04 bits per heavy atom. The van der Waals surface area contributed by atoms with Crippen molar-refractivity contribution in [2.24, 2.45) is 0 Å².